The van der Waals surface area contributed by atoms with E-state index in [-0.39, 0.29) is 11.0 Å². The minimum absolute atomic E-state index is 0.202. The van der Waals surface area contributed by atoms with Crippen LogP contribution in [-0.4, -0.2) is 63.1 Å². The van der Waals surface area contributed by atoms with Gasteiger partial charge in [0.2, 0.25) is 0 Å². The Morgan fingerprint density at radius 1 is 1.03 bits per heavy atom. The van der Waals surface area contributed by atoms with Crippen LogP contribution in [-0.2, 0) is 15.9 Å². The lowest BCUT2D eigenvalue weighted by molar-refractivity contribution is -0.127. The van der Waals surface area contributed by atoms with Crippen molar-refractivity contribution in [3.63, 3.8) is 0 Å². The summed E-state index contributed by atoms with van der Waals surface area (Å²) in [6, 6.07) is 10.5. The molecule has 0 bridgehead atoms. The number of hydrogen-bond acceptors (Lipinski definition) is 6. The van der Waals surface area contributed by atoms with Gasteiger partial charge >= 0.3 is 0 Å². The van der Waals surface area contributed by atoms with E-state index in [0.717, 1.165) is 61.7 Å². The van der Waals surface area contributed by atoms with Crippen molar-refractivity contribution >= 4 is 0 Å². The van der Waals surface area contributed by atoms with Gasteiger partial charge in [0, 0.05) is 61.2 Å². The predicted octanol–water partition coefficient (Wildman–Crippen LogP) is 5.30. The molecule has 7 nitrogen and oxygen atoms in total. The zero-order chi connectivity index (χ0) is 27.3. The van der Waals surface area contributed by atoms with E-state index in [1.807, 2.05) is 18.5 Å². The molecule has 5 rings (SSSR count). The van der Waals surface area contributed by atoms with Crippen molar-refractivity contribution in [3.05, 3.63) is 65.2 Å². The summed E-state index contributed by atoms with van der Waals surface area (Å²) in [4.78, 5) is 11.9. The fourth-order valence-corrected chi connectivity index (χ4v) is 6.27. The summed E-state index contributed by atoms with van der Waals surface area (Å²) in [6.07, 6.45) is 5.52. The molecule has 4 heterocycles. The second-order valence-corrected chi connectivity index (χ2v) is 12.9. The summed E-state index contributed by atoms with van der Waals surface area (Å²) >= 11 is 0. The zero-order valence-corrected chi connectivity index (χ0v) is 24.0. The van der Waals surface area contributed by atoms with Gasteiger partial charge in [-0.25, -0.2) is 9.67 Å². The summed E-state index contributed by atoms with van der Waals surface area (Å²) in [7, 11) is 2.10. The van der Waals surface area contributed by atoms with Crippen LogP contribution in [0.5, 0.6) is 0 Å². The van der Waals surface area contributed by atoms with Crippen molar-refractivity contribution in [1.82, 2.24) is 24.6 Å². The highest BCUT2D eigenvalue weighted by atomic mass is 16.5. The minimum Gasteiger partial charge on any atom is -0.381 e. The number of aliphatic hydroxyl groups is 1. The largest absolute Gasteiger partial charge is 0.381 e. The molecule has 0 spiro atoms. The lowest BCUT2D eigenvalue weighted by Crippen LogP contribution is -2.63. The number of aromatic nitrogens is 4. The van der Waals surface area contributed by atoms with Gasteiger partial charge in [-0.05, 0) is 63.8 Å². The molecule has 0 aliphatic carbocycles. The molecule has 38 heavy (non-hydrogen) atoms. The summed E-state index contributed by atoms with van der Waals surface area (Å²) < 4.78 is 7.68. The van der Waals surface area contributed by atoms with Crippen LogP contribution < -0.4 is 0 Å². The van der Waals surface area contributed by atoms with Crippen molar-refractivity contribution in [2.45, 2.75) is 77.4 Å². The van der Waals surface area contributed by atoms with E-state index in [2.05, 4.69) is 87.4 Å². The van der Waals surface area contributed by atoms with Crippen LogP contribution in [0.3, 0.4) is 0 Å². The number of hydrogen-bond donors (Lipinski definition) is 1. The van der Waals surface area contributed by atoms with E-state index < -0.39 is 5.60 Å². The van der Waals surface area contributed by atoms with Gasteiger partial charge < -0.3 is 14.7 Å². The van der Waals surface area contributed by atoms with E-state index in [9.17, 15) is 5.11 Å². The third-order valence-electron chi connectivity index (χ3n) is 8.37. The zero-order valence-electron chi connectivity index (χ0n) is 24.0. The fourth-order valence-electron chi connectivity index (χ4n) is 6.27. The number of rotatable bonds is 6. The minimum atomic E-state index is -1.20. The topological polar surface area (TPSA) is 76.3 Å². The molecule has 2 aromatic heterocycles. The number of pyridine rings is 1. The molecule has 2 saturated heterocycles. The molecular weight excluding hydrogens is 474 g/mol. The molecule has 1 N–H and O–H groups in total. The average molecular weight is 518 g/mol. The Morgan fingerprint density at radius 3 is 2.26 bits per heavy atom. The Kier molecular flexibility index (Phi) is 6.99. The highest BCUT2D eigenvalue weighted by Gasteiger charge is 2.55. The molecule has 1 atom stereocenters. The standard InChI is InChI=1S/C31H43N5O2/c1-21(2)22-8-10-25(11-9-22)31(37,30(6)19-35(7)20-30)26-16-24(17-32-18-26)27-33-28(23-12-14-38-15-13-23)36(34-27)29(3,4)5/h8-11,16-18,21,23,37H,12-15,19-20H2,1-7H3. The Labute approximate surface area is 227 Å². The first-order valence-electron chi connectivity index (χ1n) is 13.9. The first-order chi connectivity index (χ1) is 17.9. The Morgan fingerprint density at radius 2 is 1.68 bits per heavy atom. The van der Waals surface area contributed by atoms with Crippen LogP contribution in [0, 0.1) is 5.41 Å². The molecule has 1 unspecified atom stereocenters. The molecule has 3 aromatic rings. The van der Waals surface area contributed by atoms with Crippen LogP contribution in [0.4, 0.5) is 0 Å². The van der Waals surface area contributed by atoms with Gasteiger partial charge in [0.15, 0.2) is 5.82 Å². The quantitative estimate of drug-likeness (QED) is 0.478. The molecule has 0 amide bonds. The molecule has 1 aromatic carbocycles. The summed E-state index contributed by atoms with van der Waals surface area (Å²) in [6.45, 7) is 16.1. The number of likely N-dealkylation sites (tertiary alicyclic amines) is 1. The van der Waals surface area contributed by atoms with Crippen LogP contribution in [0.25, 0.3) is 11.4 Å². The monoisotopic (exact) mass is 517 g/mol. The molecule has 2 aliphatic rings. The first-order valence-corrected chi connectivity index (χ1v) is 13.9. The van der Waals surface area contributed by atoms with Gasteiger partial charge in [-0.2, -0.15) is 5.10 Å². The third-order valence-corrected chi connectivity index (χ3v) is 8.37. The van der Waals surface area contributed by atoms with Gasteiger partial charge in [0.1, 0.15) is 11.4 Å². The summed E-state index contributed by atoms with van der Waals surface area (Å²) in [5.74, 6) is 2.42. The maximum Gasteiger partial charge on any atom is 0.182 e. The summed E-state index contributed by atoms with van der Waals surface area (Å²) in [5.41, 5.74) is 2.01. The van der Waals surface area contributed by atoms with Gasteiger partial charge in [0.25, 0.3) is 0 Å². The lowest BCUT2D eigenvalue weighted by Gasteiger charge is -2.55. The maximum absolute atomic E-state index is 12.6. The van der Waals surface area contributed by atoms with Crippen LogP contribution in [0.15, 0.2) is 42.7 Å². The Balaban J connectivity index is 1.59. The van der Waals surface area contributed by atoms with Crippen LogP contribution >= 0.6 is 0 Å². The fraction of sp³-hybridized carbons (Fsp3) is 0.581. The molecular formula is C31H43N5O2. The van der Waals surface area contributed by atoms with E-state index in [0.29, 0.717) is 17.7 Å². The smallest absolute Gasteiger partial charge is 0.182 e. The van der Waals surface area contributed by atoms with Crippen LogP contribution in [0.1, 0.15) is 88.7 Å². The van der Waals surface area contributed by atoms with Crippen molar-refractivity contribution in [2.75, 3.05) is 33.4 Å². The lowest BCUT2D eigenvalue weighted by atomic mass is 9.62. The highest BCUT2D eigenvalue weighted by molar-refractivity contribution is 5.56. The number of ether oxygens (including phenoxy) is 1. The van der Waals surface area contributed by atoms with E-state index >= 15 is 0 Å². The second-order valence-electron chi connectivity index (χ2n) is 12.9. The molecule has 2 aliphatic heterocycles. The highest BCUT2D eigenvalue weighted by Crippen LogP contribution is 2.50. The van der Waals surface area contributed by atoms with E-state index in [1.165, 1.54) is 5.56 Å². The number of nitrogens with zero attached hydrogens (tertiary/aromatic N) is 5. The molecule has 7 heteroatoms. The molecule has 204 valence electrons. The SMILES string of the molecule is CC(C)c1ccc(C(O)(c2cncc(-c3nc(C4CCOCC4)n(C(C)(C)C)n3)c2)C2(C)CN(C)C2)cc1. The molecule has 0 radical (unpaired) electrons. The third kappa shape index (κ3) is 4.69. The van der Waals surface area contributed by atoms with Gasteiger partial charge in [-0.1, -0.05) is 45.0 Å². The van der Waals surface area contributed by atoms with Crippen molar-refractivity contribution in [1.29, 1.82) is 0 Å². The van der Waals surface area contributed by atoms with Gasteiger partial charge in [0.05, 0.1) is 5.54 Å². The molecule has 2 fully saturated rings. The first kappa shape index (κ1) is 27.0. The Bertz CT molecular complexity index is 1260. The van der Waals surface area contributed by atoms with Crippen LogP contribution in [0.2, 0.25) is 0 Å². The average Bonchev–Trinajstić information content (AvgIpc) is 3.34. The van der Waals surface area contributed by atoms with Crippen molar-refractivity contribution < 1.29 is 9.84 Å². The van der Waals surface area contributed by atoms with Gasteiger partial charge in [-0.15, -0.1) is 0 Å². The van der Waals surface area contributed by atoms with Crippen molar-refractivity contribution in [2.24, 2.45) is 5.41 Å². The summed E-state index contributed by atoms with van der Waals surface area (Å²) in [5, 5.41) is 17.6. The normalized spacial score (nSPS) is 20.3. The number of benzene rings is 1. The second kappa shape index (κ2) is 9.85. The van der Waals surface area contributed by atoms with E-state index in [1.54, 1.807) is 0 Å². The predicted molar refractivity (Wildman–Crippen MR) is 150 cm³/mol. The molecule has 0 saturated carbocycles. The van der Waals surface area contributed by atoms with Gasteiger partial charge in [-0.3, -0.25) is 4.98 Å². The van der Waals surface area contributed by atoms with Crippen molar-refractivity contribution in [3.8, 4) is 11.4 Å². The van der Waals surface area contributed by atoms with E-state index in [4.69, 9.17) is 14.8 Å². The maximum atomic E-state index is 12.6. The Hall–Kier alpha value is -2.61.